The monoisotopic (exact) mass is 668 g/mol. The van der Waals surface area contributed by atoms with Crippen LogP contribution in [-0.4, -0.2) is 4.57 Å². The number of hydrogen-bond acceptors (Lipinski definition) is 2. The highest BCUT2D eigenvalue weighted by Gasteiger charge is 2.22. The Balaban J connectivity index is 1.21. The summed E-state index contributed by atoms with van der Waals surface area (Å²) in [6, 6.07) is 70.3. The molecule has 0 spiro atoms. The topological polar surface area (TPSA) is 8.17 Å². The standard InChI is InChI=1S/C48H32N2S/c1-3-13-33(14-4-1)35-25-29-37(30-26-35)49(38-31-27-36(28-32-38)34-15-5-2-6-16-34)43-21-12-22-44-47(43)41-18-7-9-20-42(41)50(44)45-23-11-19-40-39-17-8-10-24-46(39)51-48(40)45/h1-32H. The van der Waals surface area contributed by atoms with Crippen molar-refractivity contribution in [1.82, 2.24) is 4.57 Å². The van der Waals surface area contributed by atoms with E-state index in [2.05, 4.69) is 204 Å². The highest BCUT2D eigenvalue weighted by atomic mass is 32.1. The Hall–Kier alpha value is -6.42. The molecule has 0 radical (unpaired) electrons. The highest BCUT2D eigenvalue weighted by Crippen LogP contribution is 2.46. The summed E-state index contributed by atoms with van der Waals surface area (Å²) in [6.07, 6.45) is 0. The molecule has 0 bridgehead atoms. The fourth-order valence-electron chi connectivity index (χ4n) is 7.65. The lowest BCUT2D eigenvalue weighted by Crippen LogP contribution is -2.10. The van der Waals surface area contributed by atoms with E-state index >= 15 is 0 Å². The molecular weight excluding hydrogens is 637 g/mol. The third kappa shape index (κ3) is 4.93. The molecular formula is C48H32N2S. The van der Waals surface area contributed by atoms with Gasteiger partial charge in [-0.2, -0.15) is 0 Å². The molecule has 0 unspecified atom stereocenters. The van der Waals surface area contributed by atoms with E-state index in [0.29, 0.717) is 0 Å². The van der Waals surface area contributed by atoms with Crippen LogP contribution in [0.15, 0.2) is 194 Å². The van der Waals surface area contributed by atoms with Gasteiger partial charge in [0.1, 0.15) is 0 Å². The number of hydrogen-bond donors (Lipinski definition) is 0. The molecule has 10 rings (SSSR count). The zero-order valence-electron chi connectivity index (χ0n) is 27.8. The molecule has 0 aliphatic carbocycles. The summed E-state index contributed by atoms with van der Waals surface area (Å²) in [5.41, 5.74) is 11.8. The molecule has 3 heteroatoms. The SMILES string of the molecule is c1ccc(-c2ccc(N(c3ccc(-c4ccccc4)cc3)c3cccc4c3c3ccccc3n4-c3cccc4c3sc3ccccc34)cc2)cc1. The van der Waals surface area contributed by atoms with E-state index in [0.717, 1.165) is 17.1 Å². The van der Waals surface area contributed by atoms with Crippen molar-refractivity contribution in [3.8, 4) is 27.9 Å². The second kappa shape index (κ2) is 12.2. The van der Waals surface area contributed by atoms with Crippen molar-refractivity contribution in [3.63, 3.8) is 0 Å². The van der Waals surface area contributed by atoms with E-state index in [9.17, 15) is 0 Å². The summed E-state index contributed by atoms with van der Waals surface area (Å²) < 4.78 is 5.09. The molecule has 0 atom stereocenters. The molecule has 0 saturated heterocycles. The van der Waals surface area contributed by atoms with Gasteiger partial charge in [0.2, 0.25) is 0 Å². The predicted molar refractivity (Wildman–Crippen MR) is 219 cm³/mol. The summed E-state index contributed by atoms with van der Waals surface area (Å²) in [5, 5.41) is 5.07. The minimum Gasteiger partial charge on any atom is -0.310 e. The molecule has 240 valence electrons. The molecule has 51 heavy (non-hydrogen) atoms. The lowest BCUT2D eigenvalue weighted by molar-refractivity contribution is 1.20. The first kappa shape index (κ1) is 29.5. The molecule has 0 saturated carbocycles. The third-order valence-corrected chi connectivity index (χ3v) is 11.2. The first-order valence-electron chi connectivity index (χ1n) is 17.4. The Kier molecular flexibility index (Phi) is 7.04. The largest absolute Gasteiger partial charge is 0.310 e. The fraction of sp³-hybridized carbons (Fsp3) is 0. The lowest BCUT2D eigenvalue weighted by atomic mass is 10.0. The number of rotatable bonds is 6. The van der Waals surface area contributed by atoms with Gasteiger partial charge in [-0.3, -0.25) is 0 Å². The lowest BCUT2D eigenvalue weighted by Gasteiger charge is -2.27. The Morgan fingerprint density at radius 3 is 1.55 bits per heavy atom. The zero-order chi connectivity index (χ0) is 33.7. The van der Waals surface area contributed by atoms with Crippen LogP contribution in [0.3, 0.4) is 0 Å². The van der Waals surface area contributed by atoms with Crippen molar-refractivity contribution in [2.45, 2.75) is 0 Å². The van der Waals surface area contributed by atoms with Gasteiger partial charge in [0.25, 0.3) is 0 Å². The number of fused-ring (bicyclic) bond motifs is 6. The van der Waals surface area contributed by atoms with Crippen LogP contribution in [0, 0.1) is 0 Å². The van der Waals surface area contributed by atoms with Gasteiger partial charge in [-0.1, -0.05) is 140 Å². The third-order valence-electron chi connectivity index (χ3n) is 10.0. The maximum Gasteiger partial charge on any atom is 0.0640 e. The molecule has 2 nitrogen and oxygen atoms in total. The summed E-state index contributed by atoms with van der Waals surface area (Å²) in [4.78, 5) is 2.42. The summed E-state index contributed by atoms with van der Waals surface area (Å²) in [6.45, 7) is 0. The number of benzene rings is 8. The molecule has 0 fully saturated rings. The minimum absolute atomic E-state index is 1.11. The van der Waals surface area contributed by atoms with E-state index in [4.69, 9.17) is 0 Å². The number of aromatic nitrogens is 1. The van der Waals surface area contributed by atoms with Crippen molar-refractivity contribution in [2.75, 3.05) is 4.90 Å². The molecule has 10 aromatic rings. The molecule has 2 aromatic heterocycles. The van der Waals surface area contributed by atoms with Crippen LogP contribution in [-0.2, 0) is 0 Å². The van der Waals surface area contributed by atoms with Crippen molar-refractivity contribution in [3.05, 3.63) is 194 Å². The van der Waals surface area contributed by atoms with Gasteiger partial charge in [-0.05, 0) is 76.9 Å². The molecule has 2 heterocycles. The zero-order valence-corrected chi connectivity index (χ0v) is 28.6. The van der Waals surface area contributed by atoms with Crippen molar-refractivity contribution in [1.29, 1.82) is 0 Å². The molecule has 0 N–H and O–H groups in total. The number of anilines is 3. The van der Waals surface area contributed by atoms with E-state index in [1.165, 1.54) is 69.9 Å². The Morgan fingerprint density at radius 2 is 0.882 bits per heavy atom. The predicted octanol–water partition coefficient (Wildman–Crippen LogP) is 14.0. The molecule has 8 aromatic carbocycles. The van der Waals surface area contributed by atoms with Gasteiger partial charge >= 0.3 is 0 Å². The van der Waals surface area contributed by atoms with E-state index in [1.807, 2.05) is 11.3 Å². The van der Waals surface area contributed by atoms with Gasteiger partial charge in [-0.25, -0.2) is 0 Å². The van der Waals surface area contributed by atoms with Crippen LogP contribution in [0.25, 0.3) is 69.9 Å². The highest BCUT2D eigenvalue weighted by molar-refractivity contribution is 7.26. The van der Waals surface area contributed by atoms with E-state index in [1.54, 1.807) is 0 Å². The second-order valence-corrected chi connectivity index (χ2v) is 14.0. The maximum atomic E-state index is 2.47. The summed E-state index contributed by atoms with van der Waals surface area (Å²) in [7, 11) is 0. The maximum absolute atomic E-state index is 2.47. The van der Waals surface area contributed by atoms with Gasteiger partial charge in [0.05, 0.1) is 27.1 Å². The fourth-order valence-corrected chi connectivity index (χ4v) is 8.86. The summed E-state index contributed by atoms with van der Waals surface area (Å²) >= 11 is 1.88. The van der Waals surface area contributed by atoms with Crippen LogP contribution in [0.5, 0.6) is 0 Å². The summed E-state index contributed by atoms with van der Waals surface area (Å²) in [5.74, 6) is 0. The normalized spacial score (nSPS) is 11.5. The second-order valence-electron chi connectivity index (χ2n) is 12.9. The average molecular weight is 669 g/mol. The number of nitrogens with zero attached hydrogens (tertiary/aromatic N) is 2. The Labute approximate surface area is 300 Å². The van der Waals surface area contributed by atoms with Gasteiger partial charge in [0.15, 0.2) is 0 Å². The van der Waals surface area contributed by atoms with E-state index in [-0.39, 0.29) is 0 Å². The van der Waals surface area contributed by atoms with Crippen molar-refractivity contribution < 1.29 is 0 Å². The first-order chi connectivity index (χ1) is 25.3. The van der Waals surface area contributed by atoms with Crippen molar-refractivity contribution in [2.24, 2.45) is 0 Å². The molecule has 0 aliphatic heterocycles. The van der Waals surface area contributed by atoms with Gasteiger partial charge in [0, 0.05) is 37.6 Å². The van der Waals surface area contributed by atoms with Gasteiger partial charge < -0.3 is 9.47 Å². The average Bonchev–Trinajstić information content (AvgIpc) is 3.76. The van der Waals surface area contributed by atoms with E-state index < -0.39 is 0 Å². The number of para-hydroxylation sites is 1. The van der Waals surface area contributed by atoms with Crippen LogP contribution in [0.2, 0.25) is 0 Å². The first-order valence-corrected chi connectivity index (χ1v) is 18.2. The Morgan fingerprint density at radius 1 is 0.373 bits per heavy atom. The van der Waals surface area contributed by atoms with Crippen LogP contribution < -0.4 is 4.90 Å². The minimum atomic E-state index is 1.11. The Bertz CT molecular complexity index is 2750. The smallest absolute Gasteiger partial charge is 0.0640 e. The van der Waals surface area contributed by atoms with Crippen LogP contribution in [0.4, 0.5) is 17.1 Å². The van der Waals surface area contributed by atoms with Gasteiger partial charge in [-0.15, -0.1) is 11.3 Å². The molecule has 0 amide bonds. The van der Waals surface area contributed by atoms with Crippen molar-refractivity contribution >= 4 is 70.4 Å². The number of thiophene rings is 1. The quantitative estimate of drug-likeness (QED) is 0.171. The molecule has 0 aliphatic rings. The van der Waals surface area contributed by atoms with Crippen LogP contribution >= 0.6 is 11.3 Å². The van der Waals surface area contributed by atoms with Crippen LogP contribution in [0.1, 0.15) is 0 Å².